The number of unbranched alkanes of at least 4 members (excludes halogenated alkanes) is 2. The first-order chi connectivity index (χ1) is 16.1. The maximum absolute atomic E-state index is 13.6. The van der Waals surface area contributed by atoms with Gasteiger partial charge in [-0.2, -0.15) is 0 Å². The standard InChI is InChI=1S/C26H36N2O4S/c1-4-5-6-8-24(29)27(15-7-17-31-2)19-25(30)28-16-13-23-22(14-18-33-23)26(28)20-9-11-21(32-3)12-10-20/h9-12,14,18,26H,4-8,13,15-17,19H2,1-3H3. The van der Waals surface area contributed by atoms with Gasteiger partial charge >= 0.3 is 0 Å². The summed E-state index contributed by atoms with van der Waals surface area (Å²) in [6.45, 7) is 4.00. The molecule has 0 bridgehead atoms. The molecule has 7 heteroatoms. The molecule has 0 radical (unpaired) electrons. The van der Waals surface area contributed by atoms with Gasteiger partial charge in [0.2, 0.25) is 11.8 Å². The Morgan fingerprint density at radius 3 is 2.61 bits per heavy atom. The molecule has 180 valence electrons. The topological polar surface area (TPSA) is 59.1 Å². The number of nitrogens with zero attached hydrogens (tertiary/aromatic N) is 2. The number of hydrogen-bond acceptors (Lipinski definition) is 5. The van der Waals surface area contributed by atoms with Gasteiger partial charge < -0.3 is 19.3 Å². The average Bonchev–Trinajstić information content (AvgIpc) is 3.32. The van der Waals surface area contributed by atoms with E-state index in [1.54, 1.807) is 30.5 Å². The van der Waals surface area contributed by atoms with E-state index in [2.05, 4.69) is 18.4 Å². The highest BCUT2D eigenvalue weighted by Gasteiger charge is 2.33. The molecule has 2 amide bonds. The minimum absolute atomic E-state index is 0.00562. The van der Waals surface area contributed by atoms with Crippen molar-refractivity contribution in [2.75, 3.05) is 40.5 Å². The fourth-order valence-corrected chi connectivity index (χ4v) is 5.26. The predicted octanol–water partition coefficient (Wildman–Crippen LogP) is 4.68. The van der Waals surface area contributed by atoms with Gasteiger partial charge in [-0.15, -0.1) is 11.3 Å². The second kappa shape index (κ2) is 12.8. The van der Waals surface area contributed by atoms with Crippen LogP contribution in [0.25, 0.3) is 0 Å². The van der Waals surface area contributed by atoms with E-state index in [9.17, 15) is 9.59 Å². The smallest absolute Gasteiger partial charge is 0.242 e. The van der Waals surface area contributed by atoms with Crippen LogP contribution in [0.15, 0.2) is 35.7 Å². The SMILES string of the molecule is CCCCCC(=O)N(CCCOC)CC(=O)N1CCc2sccc2C1c1ccc(OC)cc1. The minimum Gasteiger partial charge on any atom is -0.497 e. The molecule has 1 aliphatic heterocycles. The number of fused-ring (bicyclic) bond motifs is 1. The van der Waals surface area contributed by atoms with Crippen LogP contribution in [0.1, 0.15) is 61.1 Å². The molecule has 0 aliphatic carbocycles. The van der Waals surface area contributed by atoms with Crippen molar-refractivity contribution in [3.05, 3.63) is 51.7 Å². The minimum atomic E-state index is -0.144. The molecule has 6 nitrogen and oxygen atoms in total. The Morgan fingerprint density at radius 1 is 1.12 bits per heavy atom. The third-order valence-corrected chi connectivity index (χ3v) is 7.16. The van der Waals surface area contributed by atoms with E-state index in [-0.39, 0.29) is 24.4 Å². The number of hydrogen-bond donors (Lipinski definition) is 0. The van der Waals surface area contributed by atoms with Crippen LogP contribution in [0.4, 0.5) is 0 Å². The number of amides is 2. The van der Waals surface area contributed by atoms with Crippen molar-refractivity contribution in [2.24, 2.45) is 0 Å². The molecule has 2 aromatic rings. The van der Waals surface area contributed by atoms with Crippen molar-refractivity contribution in [3.63, 3.8) is 0 Å². The van der Waals surface area contributed by atoms with Gasteiger partial charge in [-0.3, -0.25) is 9.59 Å². The van der Waals surface area contributed by atoms with Crippen LogP contribution in [0.3, 0.4) is 0 Å². The van der Waals surface area contributed by atoms with Crippen LogP contribution >= 0.6 is 11.3 Å². The van der Waals surface area contributed by atoms with E-state index in [1.807, 2.05) is 29.2 Å². The van der Waals surface area contributed by atoms with Crippen LogP contribution in [-0.2, 0) is 20.7 Å². The second-order valence-electron chi connectivity index (χ2n) is 8.43. The molecule has 2 heterocycles. The highest BCUT2D eigenvalue weighted by atomic mass is 32.1. The van der Waals surface area contributed by atoms with E-state index < -0.39 is 0 Å². The van der Waals surface area contributed by atoms with Crippen molar-refractivity contribution in [3.8, 4) is 5.75 Å². The summed E-state index contributed by atoms with van der Waals surface area (Å²) >= 11 is 1.75. The summed E-state index contributed by atoms with van der Waals surface area (Å²) in [5.41, 5.74) is 2.24. The van der Waals surface area contributed by atoms with E-state index in [0.29, 0.717) is 26.1 Å². The highest BCUT2D eigenvalue weighted by Crippen LogP contribution is 2.38. The monoisotopic (exact) mass is 472 g/mol. The fraction of sp³-hybridized carbons (Fsp3) is 0.538. The lowest BCUT2D eigenvalue weighted by Gasteiger charge is -2.37. The number of methoxy groups -OCH3 is 2. The largest absolute Gasteiger partial charge is 0.497 e. The Morgan fingerprint density at radius 2 is 1.91 bits per heavy atom. The third kappa shape index (κ3) is 6.58. The molecular formula is C26H36N2O4S. The number of benzene rings is 1. The maximum atomic E-state index is 13.6. The predicted molar refractivity (Wildman–Crippen MR) is 132 cm³/mol. The number of carbonyl (C=O) groups is 2. The normalized spacial score (nSPS) is 15.2. The number of thiophene rings is 1. The van der Waals surface area contributed by atoms with E-state index in [4.69, 9.17) is 9.47 Å². The molecule has 33 heavy (non-hydrogen) atoms. The third-order valence-electron chi connectivity index (χ3n) is 6.17. The van der Waals surface area contributed by atoms with E-state index in [0.717, 1.165) is 43.4 Å². The Hall–Kier alpha value is -2.38. The first-order valence-electron chi connectivity index (χ1n) is 11.8. The molecule has 0 N–H and O–H groups in total. The zero-order valence-corrected chi connectivity index (χ0v) is 20.9. The van der Waals surface area contributed by atoms with Gasteiger partial charge in [-0.05, 0) is 54.0 Å². The number of carbonyl (C=O) groups excluding carboxylic acids is 2. The quantitative estimate of drug-likeness (QED) is 0.421. The van der Waals surface area contributed by atoms with Gasteiger partial charge in [0.05, 0.1) is 19.7 Å². The molecule has 3 rings (SSSR count). The lowest BCUT2D eigenvalue weighted by atomic mass is 9.93. The highest BCUT2D eigenvalue weighted by molar-refractivity contribution is 7.10. The van der Waals surface area contributed by atoms with Crippen LogP contribution in [0.5, 0.6) is 5.75 Å². The lowest BCUT2D eigenvalue weighted by molar-refractivity contribution is -0.142. The van der Waals surface area contributed by atoms with Gasteiger partial charge in [0, 0.05) is 38.1 Å². The van der Waals surface area contributed by atoms with Gasteiger partial charge in [0.25, 0.3) is 0 Å². The average molecular weight is 473 g/mol. The Bertz CT molecular complexity index is 896. The van der Waals surface area contributed by atoms with Crippen LogP contribution < -0.4 is 4.74 Å². The summed E-state index contributed by atoms with van der Waals surface area (Å²) in [6.07, 6.45) is 5.01. The summed E-state index contributed by atoms with van der Waals surface area (Å²) in [5.74, 6) is 0.844. The van der Waals surface area contributed by atoms with Crippen molar-refractivity contribution >= 4 is 23.2 Å². The molecule has 1 aromatic carbocycles. The van der Waals surface area contributed by atoms with Crippen LogP contribution in [-0.4, -0.2) is 62.1 Å². The first kappa shape index (κ1) is 25.2. The van der Waals surface area contributed by atoms with E-state index in [1.165, 1.54) is 10.4 Å². The summed E-state index contributed by atoms with van der Waals surface area (Å²) in [6, 6.07) is 9.92. The van der Waals surface area contributed by atoms with Crippen molar-refractivity contribution in [1.29, 1.82) is 0 Å². The van der Waals surface area contributed by atoms with Gasteiger partial charge in [-0.1, -0.05) is 31.9 Å². The molecule has 0 saturated heterocycles. The zero-order valence-electron chi connectivity index (χ0n) is 20.0. The molecule has 0 spiro atoms. The van der Waals surface area contributed by atoms with Crippen LogP contribution in [0, 0.1) is 0 Å². The zero-order chi connectivity index (χ0) is 23.6. The number of ether oxygens (including phenoxy) is 2. The van der Waals surface area contributed by atoms with Gasteiger partial charge in [0.1, 0.15) is 5.75 Å². The summed E-state index contributed by atoms with van der Waals surface area (Å²) in [5, 5.41) is 2.10. The molecule has 0 fully saturated rings. The van der Waals surface area contributed by atoms with Crippen molar-refractivity contribution in [1.82, 2.24) is 9.80 Å². The molecule has 0 saturated carbocycles. The lowest BCUT2D eigenvalue weighted by Crippen LogP contribution is -2.47. The van der Waals surface area contributed by atoms with Gasteiger partial charge in [-0.25, -0.2) is 0 Å². The Balaban J connectivity index is 1.79. The maximum Gasteiger partial charge on any atom is 0.242 e. The molecule has 1 atom stereocenters. The molecule has 1 aliphatic rings. The van der Waals surface area contributed by atoms with Crippen molar-refractivity contribution < 1.29 is 19.1 Å². The fourth-order valence-electron chi connectivity index (χ4n) is 4.36. The Kier molecular flexibility index (Phi) is 9.76. The van der Waals surface area contributed by atoms with E-state index >= 15 is 0 Å². The van der Waals surface area contributed by atoms with Gasteiger partial charge in [0.15, 0.2) is 0 Å². The summed E-state index contributed by atoms with van der Waals surface area (Å²) in [7, 11) is 3.31. The molecule has 1 unspecified atom stereocenters. The number of rotatable bonds is 12. The Labute approximate surface area is 201 Å². The van der Waals surface area contributed by atoms with Crippen LogP contribution in [0.2, 0.25) is 0 Å². The molecule has 1 aromatic heterocycles. The first-order valence-corrected chi connectivity index (χ1v) is 12.7. The molecular weight excluding hydrogens is 436 g/mol. The summed E-state index contributed by atoms with van der Waals surface area (Å²) < 4.78 is 10.5. The summed E-state index contributed by atoms with van der Waals surface area (Å²) in [4.78, 5) is 31.5. The second-order valence-corrected chi connectivity index (χ2v) is 9.43. The van der Waals surface area contributed by atoms with Crippen molar-refractivity contribution in [2.45, 2.75) is 51.5 Å².